The smallest absolute Gasteiger partial charge is 0.200 e. The molecule has 0 aliphatic rings. The van der Waals surface area contributed by atoms with Gasteiger partial charge in [0.05, 0.1) is 6.10 Å². The number of aromatic hydroxyl groups is 1. The third-order valence-corrected chi connectivity index (χ3v) is 11.2. The third-order valence-electron chi connectivity index (χ3n) is 5.07. The van der Waals surface area contributed by atoms with Gasteiger partial charge in [-0.2, -0.15) is 0 Å². The van der Waals surface area contributed by atoms with E-state index in [9.17, 15) is 5.11 Å². The summed E-state index contributed by atoms with van der Waals surface area (Å²) in [6, 6.07) is 7.32. The topological polar surface area (TPSA) is 38.7 Å². The minimum absolute atomic E-state index is 0.0220. The van der Waals surface area contributed by atoms with Crippen molar-refractivity contribution in [1.82, 2.24) is 0 Å². The van der Waals surface area contributed by atoms with E-state index in [0.717, 1.165) is 18.6 Å². The number of rotatable bonds is 10. The lowest BCUT2D eigenvalue weighted by Crippen LogP contribution is -2.48. The molecule has 1 atom stereocenters. The van der Waals surface area contributed by atoms with Gasteiger partial charge in [0.15, 0.2) is 8.32 Å². The van der Waals surface area contributed by atoms with Crippen molar-refractivity contribution in [3.8, 4) is 5.75 Å². The van der Waals surface area contributed by atoms with Gasteiger partial charge in [-0.25, -0.2) is 0 Å². The van der Waals surface area contributed by atoms with Gasteiger partial charge >= 0.3 is 0 Å². The van der Waals surface area contributed by atoms with E-state index in [1.54, 1.807) is 12.1 Å². The summed E-state index contributed by atoms with van der Waals surface area (Å²) in [6.45, 7) is 17.3. The first-order valence-corrected chi connectivity index (χ1v) is 11.4. The van der Waals surface area contributed by atoms with Crippen LogP contribution in [-0.2, 0) is 9.16 Å². The Balaban J connectivity index is 2.80. The summed E-state index contributed by atoms with van der Waals surface area (Å²) in [5.41, 5.74) is 2.88. The minimum atomic E-state index is -1.82. The van der Waals surface area contributed by atoms with Crippen molar-refractivity contribution in [3.05, 3.63) is 29.8 Å². The quantitative estimate of drug-likeness (QED) is 0.521. The van der Waals surface area contributed by atoms with Gasteiger partial charge in [0.25, 0.3) is 0 Å². The van der Waals surface area contributed by atoms with Crippen LogP contribution in [0.4, 0.5) is 0 Å². The molecule has 0 bridgehead atoms. The number of ether oxygens (including phenoxy) is 1. The molecule has 3 nitrogen and oxygen atoms in total. The Labute approximate surface area is 149 Å². The van der Waals surface area contributed by atoms with Crippen LogP contribution in [0.25, 0.3) is 0 Å². The SMILES string of the molecule is CCO[C@@H](CCO[Si](C(C)C)(C(C)C)C(C)C)c1ccc(O)cc1. The molecule has 1 N–H and O–H groups in total. The van der Waals surface area contributed by atoms with E-state index >= 15 is 0 Å². The highest BCUT2D eigenvalue weighted by atomic mass is 28.4. The fourth-order valence-electron chi connectivity index (χ4n) is 4.08. The summed E-state index contributed by atoms with van der Waals surface area (Å²) in [5, 5.41) is 9.47. The van der Waals surface area contributed by atoms with Crippen LogP contribution in [0, 0.1) is 0 Å². The van der Waals surface area contributed by atoms with Crippen LogP contribution in [0.3, 0.4) is 0 Å². The van der Waals surface area contributed by atoms with E-state index in [-0.39, 0.29) is 11.9 Å². The zero-order chi connectivity index (χ0) is 18.3. The second-order valence-electron chi connectivity index (χ2n) is 7.49. The Morgan fingerprint density at radius 3 is 1.83 bits per heavy atom. The van der Waals surface area contributed by atoms with Crippen molar-refractivity contribution in [2.45, 2.75) is 77.6 Å². The molecular formula is C20H36O3Si. The molecule has 0 amide bonds. The van der Waals surface area contributed by atoms with Gasteiger partial charge in [-0.15, -0.1) is 0 Å². The van der Waals surface area contributed by atoms with Crippen LogP contribution >= 0.6 is 0 Å². The molecule has 1 aromatic carbocycles. The summed E-state index contributed by atoms with van der Waals surface area (Å²) >= 11 is 0. The number of hydrogen-bond donors (Lipinski definition) is 1. The lowest BCUT2D eigenvalue weighted by atomic mass is 10.1. The monoisotopic (exact) mass is 352 g/mol. The summed E-state index contributed by atoms with van der Waals surface area (Å²) in [4.78, 5) is 0. The zero-order valence-corrected chi connectivity index (χ0v) is 17.5. The van der Waals surface area contributed by atoms with E-state index in [4.69, 9.17) is 9.16 Å². The van der Waals surface area contributed by atoms with Crippen molar-refractivity contribution in [2.75, 3.05) is 13.2 Å². The van der Waals surface area contributed by atoms with Crippen LogP contribution < -0.4 is 0 Å². The van der Waals surface area contributed by atoms with Crippen LogP contribution in [0.5, 0.6) is 5.75 Å². The summed E-state index contributed by atoms with van der Waals surface area (Å²) in [7, 11) is -1.82. The van der Waals surface area contributed by atoms with E-state index in [1.807, 2.05) is 19.1 Å². The molecule has 0 aliphatic heterocycles. The molecule has 0 radical (unpaired) electrons. The Kier molecular flexibility index (Phi) is 8.47. The second kappa shape index (κ2) is 9.59. The molecule has 0 aliphatic carbocycles. The highest BCUT2D eigenvalue weighted by Crippen LogP contribution is 2.42. The van der Waals surface area contributed by atoms with Crippen molar-refractivity contribution in [3.63, 3.8) is 0 Å². The Morgan fingerprint density at radius 1 is 0.917 bits per heavy atom. The van der Waals surface area contributed by atoms with Gasteiger partial charge in [-0.1, -0.05) is 53.7 Å². The molecule has 0 saturated carbocycles. The van der Waals surface area contributed by atoms with Crippen molar-refractivity contribution < 1.29 is 14.3 Å². The Morgan fingerprint density at radius 2 is 1.42 bits per heavy atom. The molecule has 0 heterocycles. The average molecular weight is 353 g/mol. The first-order valence-electron chi connectivity index (χ1n) is 9.30. The van der Waals surface area contributed by atoms with E-state index in [2.05, 4.69) is 41.5 Å². The van der Waals surface area contributed by atoms with Crippen molar-refractivity contribution in [1.29, 1.82) is 0 Å². The van der Waals surface area contributed by atoms with Crippen LogP contribution in [-0.4, -0.2) is 26.6 Å². The maximum atomic E-state index is 9.47. The summed E-state index contributed by atoms with van der Waals surface area (Å²) in [5.74, 6) is 0.288. The third kappa shape index (κ3) is 5.07. The van der Waals surface area contributed by atoms with Crippen LogP contribution in [0.2, 0.25) is 16.6 Å². The fraction of sp³-hybridized carbons (Fsp3) is 0.700. The highest BCUT2D eigenvalue weighted by molar-refractivity contribution is 6.77. The van der Waals surface area contributed by atoms with Crippen molar-refractivity contribution in [2.24, 2.45) is 0 Å². The highest BCUT2D eigenvalue weighted by Gasteiger charge is 2.44. The molecule has 1 rings (SSSR count). The second-order valence-corrected chi connectivity index (χ2v) is 13.0. The van der Waals surface area contributed by atoms with Gasteiger partial charge in [0.1, 0.15) is 5.75 Å². The lowest BCUT2D eigenvalue weighted by molar-refractivity contribution is 0.0439. The minimum Gasteiger partial charge on any atom is -0.508 e. The molecule has 0 fully saturated rings. The number of benzene rings is 1. The molecule has 0 aromatic heterocycles. The lowest BCUT2D eigenvalue weighted by Gasteiger charge is -2.42. The maximum Gasteiger partial charge on any atom is 0.200 e. The first kappa shape index (κ1) is 21.2. The predicted molar refractivity (Wildman–Crippen MR) is 104 cm³/mol. The zero-order valence-electron chi connectivity index (χ0n) is 16.5. The average Bonchev–Trinajstić information content (AvgIpc) is 2.50. The Bertz CT molecular complexity index is 447. The Hall–Kier alpha value is -0.843. The van der Waals surface area contributed by atoms with Gasteiger partial charge in [0.2, 0.25) is 0 Å². The van der Waals surface area contributed by atoms with Crippen molar-refractivity contribution >= 4 is 8.32 Å². The van der Waals surface area contributed by atoms with Gasteiger partial charge in [0, 0.05) is 13.2 Å². The standard InChI is InChI=1S/C20H36O3Si/c1-8-22-20(18-9-11-19(21)12-10-18)13-14-23-24(15(2)3,16(4)5)17(6)7/h9-12,15-17,20-21H,8,13-14H2,1-7H3/t20-/m0/s1. The maximum absolute atomic E-state index is 9.47. The first-order chi connectivity index (χ1) is 11.3. The summed E-state index contributed by atoms with van der Waals surface area (Å²) < 4.78 is 12.6. The molecule has 0 saturated heterocycles. The molecular weight excluding hydrogens is 316 g/mol. The molecule has 138 valence electrons. The number of phenols is 1. The number of hydrogen-bond acceptors (Lipinski definition) is 3. The van der Waals surface area contributed by atoms with E-state index in [1.165, 1.54) is 0 Å². The molecule has 1 aromatic rings. The van der Waals surface area contributed by atoms with E-state index < -0.39 is 8.32 Å². The largest absolute Gasteiger partial charge is 0.508 e. The summed E-state index contributed by atoms with van der Waals surface area (Å²) in [6.07, 6.45) is 0.869. The molecule has 4 heteroatoms. The predicted octanol–water partition coefficient (Wildman–Crippen LogP) is 6.05. The van der Waals surface area contributed by atoms with Crippen LogP contribution in [0.15, 0.2) is 24.3 Å². The fourth-order valence-corrected chi connectivity index (χ4v) is 9.55. The van der Waals surface area contributed by atoms with Gasteiger partial charge in [-0.05, 0) is 47.7 Å². The normalized spacial score (nSPS) is 13.9. The molecule has 0 unspecified atom stereocenters. The van der Waals surface area contributed by atoms with E-state index in [0.29, 0.717) is 23.2 Å². The van der Waals surface area contributed by atoms with Gasteiger partial charge < -0.3 is 14.3 Å². The number of phenolic OH excluding ortho intramolecular Hbond substituents is 1. The molecule has 0 spiro atoms. The van der Waals surface area contributed by atoms with Crippen LogP contribution in [0.1, 0.15) is 66.6 Å². The van der Waals surface area contributed by atoms with Gasteiger partial charge in [-0.3, -0.25) is 0 Å². The molecule has 24 heavy (non-hydrogen) atoms.